The summed E-state index contributed by atoms with van der Waals surface area (Å²) in [6, 6.07) is 6.40. The molecule has 0 aliphatic heterocycles. The van der Waals surface area contributed by atoms with Crippen molar-refractivity contribution < 1.29 is 4.74 Å². The second kappa shape index (κ2) is 4.29. The van der Waals surface area contributed by atoms with Gasteiger partial charge in [-0.3, -0.25) is 0 Å². The number of fused-ring (bicyclic) bond motifs is 3. The van der Waals surface area contributed by atoms with Crippen LogP contribution in [0.4, 0.5) is 0 Å². The Balaban J connectivity index is 2.33. The molecule has 18 heavy (non-hydrogen) atoms. The van der Waals surface area contributed by atoms with Crippen LogP contribution in [-0.4, -0.2) is 21.6 Å². The third kappa shape index (κ3) is 1.61. The Morgan fingerprint density at radius 3 is 2.89 bits per heavy atom. The number of benzene rings is 1. The normalized spacial score (nSPS) is 11.2. The lowest BCUT2D eigenvalue weighted by Gasteiger charge is -2.01. The van der Waals surface area contributed by atoms with Gasteiger partial charge in [0.15, 0.2) is 0 Å². The maximum Gasteiger partial charge on any atom is 0.241 e. The Labute approximate surface area is 105 Å². The van der Waals surface area contributed by atoms with Crippen molar-refractivity contribution >= 4 is 21.9 Å². The fourth-order valence-corrected chi connectivity index (χ4v) is 2.18. The molecule has 0 fully saturated rings. The fraction of sp³-hybridized carbons (Fsp3) is 0.286. The summed E-state index contributed by atoms with van der Waals surface area (Å²) in [6.07, 6.45) is 2.57. The number of nitrogens with one attached hydrogen (secondary N) is 1. The van der Waals surface area contributed by atoms with Crippen molar-refractivity contribution in [2.75, 3.05) is 6.61 Å². The smallest absolute Gasteiger partial charge is 0.241 e. The molecule has 0 unspecified atom stereocenters. The molecule has 0 aliphatic rings. The molecule has 3 aromatic rings. The van der Waals surface area contributed by atoms with Crippen molar-refractivity contribution in [3.63, 3.8) is 0 Å². The van der Waals surface area contributed by atoms with Gasteiger partial charge in [-0.2, -0.15) is 4.98 Å². The Morgan fingerprint density at radius 1 is 1.22 bits per heavy atom. The first-order valence-electron chi connectivity index (χ1n) is 6.21. The standard InChI is InChI=1S/C14H15N3O/c1-3-9-5-6-11-10(7-9)12-13(17-11)14(18-4-2)16-8-15-12/h5-8,17H,3-4H2,1-2H3. The van der Waals surface area contributed by atoms with Gasteiger partial charge < -0.3 is 9.72 Å². The van der Waals surface area contributed by atoms with Crippen LogP contribution in [0.25, 0.3) is 21.9 Å². The van der Waals surface area contributed by atoms with E-state index in [1.54, 1.807) is 6.33 Å². The summed E-state index contributed by atoms with van der Waals surface area (Å²) in [4.78, 5) is 11.9. The number of aromatic amines is 1. The van der Waals surface area contributed by atoms with Crippen LogP contribution in [0.3, 0.4) is 0 Å². The number of H-pyrrole nitrogens is 1. The lowest BCUT2D eigenvalue weighted by atomic mass is 10.1. The first-order valence-corrected chi connectivity index (χ1v) is 6.21. The maximum absolute atomic E-state index is 5.52. The molecule has 1 aromatic carbocycles. The van der Waals surface area contributed by atoms with Crippen LogP contribution in [0.5, 0.6) is 5.88 Å². The van der Waals surface area contributed by atoms with Gasteiger partial charge in [0.2, 0.25) is 5.88 Å². The number of hydrogen-bond acceptors (Lipinski definition) is 3. The minimum Gasteiger partial charge on any atom is -0.476 e. The molecule has 0 saturated heterocycles. The predicted octanol–water partition coefficient (Wildman–Crippen LogP) is 3.07. The Bertz CT molecular complexity index is 703. The number of hydrogen-bond donors (Lipinski definition) is 1. The van der Waals surface area contributed by atoms with Crippen molar-refractivity contribution in [1.82, 2.24) is 15.0 Å². The molecule has 0 amide bonds. The summed E-state index contributed by atoms with van der Waals surface area (Å²) < 4.78 is 5.52. The molecule has 4 heteroatoms. The van der Waals surface area contributed by atoms with Gasteiger partial charge in [0.25, 0.3) is 0 Å². The van der Waals surface area contributed by atoms with E-state index in [4.69, 9.17) is 4.74 Å². The van der Waals surface area contributed by atoms with E-state index in [-0.39, 0.29) is 0 Å². The van der Waals surface area contributed by atoms with Crippen LogP contribution in [-0.2, 0) is 6.42 Å². The number of rotatable bonds is 3. The van der Waals surface area contributed by atoms with Gasteiger partial charge in [-0.1, -0.05) is 13.0 Å². The van der Waals surface area contributed by atoms with Gasteiger partial charge in [0.05, 0.1) is 6.61 Å². The van der Waals surface area contributed by atoms with Crippen LogP contribution in [0.15, 0.2) is 24.5 Å². The second-order valence-electron chi connectivity index (χ2n) is 4.19. The average molecular weight is 241 g/mol. The van der Waals surface area contributed by atoms with Gasteiger partial charge in [0, 0.05) is 10.9 Å². The highest BCUT2D eigenvalue weighted by atomic mass is 16.5. The third-order valence-electron chi connectivity index (χ3n) is 3.10. The summed E-state index contributed by atoms with van der Waals surface area (Å²) in [5.41, 5.74) is 4.19. The highest BCUT2D eigenvalue weighted by Crippen LogP contribution is 2.29. The Hall–Kier alpha value is -2.10. The summed E-state index contributed by atoms with van der Waals surface area (Å²) in [5.74, 6) is 0.622. The van der Waals surface area contributed by atoms with E-state index in [9.17, 15) is 0 Å². The molecule has 4 nitrogen and oxygen atoms in total. The van der Waals surface area contributed by atoms with Gasteiger partial charge in [-0.25, -0.2) is 4.98 Å². The largest absolute Gasteiger partial charge is 0.476 e. The lowest BCUT2D eigenvalue weighted by molar-refractivity contribution is 0.330. The van der Waals surface area contributed by atoms with Gasteiger partial charge in [0.1, 0.15) is 17.4 Å². The highest BCUT2D eigenvalue weighted by Gasteiger charge is 2.11. The van der Waals surface area contributed by atoms with Gasteiger partial charge in [-0.15, -0.1) is 0 Å². The summed E-state index contributed by atoms with van der Waals surface area (Å²) >= 11 is 0. The van der Waals surface area contributed by atoms with Crippen molar-refractivity contribution in [3.05, 3.63) is 30.1 Å². The first-order chi connectivity index (χ1) is 8.83. The summed E-state index contributed by atoms with van der Waals surface area (Å²) in [6.45, 7) is 4.70. The first kappa shape index (κ1) is 11.0. The predicted molar refractivity (Wildman–Crippen MR) is 71.9 cm³/mol. The molecule has 0 atom stereocenters. The number of aryl methyl sites for hydroxylation is 1. The number of ether oxygens (including phenoxy) is 1. The van der Waals surface area contributed by atoms with E-state index in [1.807, 2.05) is 6.92 Å². The van der Waals surface area contributed by atoms with Crippen molar-refractivity contribution in [2.45, 2.75) is 20.3 Å². The third-order valence-corrected chi connectivity index (χ3v) is 3.10. The monoisotopic (exact) mass is 241 g/mol. The molecule has 0 spiro atoms. The number of aromatic nitrogens is 3. The molecule has 1 N–H and O–H groups in total. The second-order valence-corrected chi connectivity index (χ2v) is 4.19. The molecule has 92 valence electrons. The van der Waals surface area contributed by atoms with Crippen LogP contribution in [0.1, 0.15) is 19.4 Å². The topological polar surface area (TPSA) is 50.8 Å². The Morgan fingerprint density at radius 2 is 2.11 bits per heavy atom. The zero-order chi connectivity index (χ0) is 12.5. The van der Waals surface area contributed by atoms with Crippen LogP contribution >= 0.6 is 0 Å². The molecule has 0 aliphatic carbocycles. The molecule has 2 aromatic heterocycles. The quantitative estimate of drug-likeness (QED) is 0.766. The Kier molecular flexibility index (Phi) is 2.63. The van der Waals surface area contributed by atoms with E-state index in [0.29, 0.717) is 12.5 Å². The summed E-state index contributed by atoms with van der Waals surface area (Å²) in [5, 5.41) is 1.13. The van der Waals surface area contributed by atoms with Crippen LogP contribution in [0, 0.1) is 0 Å². The van der Waals surface area contributed by atoms with Crippen LogP contribution < -0.4 is 4.74 Å². The van der Waals surface area contributed by atoms with Gasteiger partial charge >= 0.3 is 0 Å². The number of nitrogens with zero attached hydrogens (tertiary/aromatic N) is 2. The highest BCUT2D eigenvalue weighted by molar-refractivity contribution is 6.06. The minimum absolute atomic E-state index is 0.599. The lowest BCUT2D eigenvalue weighted by Crippen LogP contribution is -1.95. The molecule has 0 saturated carbocycles. The average Bonchev–Trinajstić information content (AvgIpc) is 2.78. The van der Waals surface area contributed by atoms with E-state index in [0.717, 1.165) is 28.4 Å². The van der Waals surface area contributed by atoms with Crippen molar-refractivity contribution in [1.29, 1.82) is 0 Å². The maximum atomic E-state index is 5.52. The van der Waals surface area contributed by atoms with E-state index in [1.165, 1.54) is 5.56 Å². The van der Waals surface area contributed by atoms with E-state index >= 15 is 0 Å². The molecular formula is C14H15N3O. The summed E-state index contributed by atoms with van der Waals surface area (Å²) in [7, 11) is 0. The minimum atomic E-state index is 0.599. The zero-order valence-corrected chi connectivity index (χ0v) is 10.5. The molecular weight excluding hydrogens is 226 g/mol. The molecule has 0 bridgehead atoms. The SMILES string of the molecule is CCOc1ncnc2c1[nH]c1ccc(CC)cc12. The fourth-order valence-electron chi connectivity index (χ4n) is 2.18. The zero-order valence-electron chi connectivity index (χ0n) is 10.5. The molecule has 3 rings (SSSR count). The van der Waals surface area contributed by atoms with Crippen molar-refractivity contribution in [3.8, 4) is 5.88 Å². The van der Waals surface area contributed by atoms with Crippen molar-refractivity contribution in [2.24, 2.45) is 0 Å². The van der Waals surface area contributed by atoms with Crippen LogP contribution in [0.2, 0.25) is 0 Å². The van der Waals surface area contributed by atoms with E-state index < -0.39 is 0 Å². The molecule has 2 heterocycles. The molecule has 0 radical (unpaired) electrons. The van der Waals surface area contributed by atoms with E-state index in [2.05, 4.69) is 40.1 Å². The van der Waals surface area contributed by atoms with Gasteiger partial charge in [-0.05, 0) is 31.0 Å².